The average Bonchev–Trinajstić information content (AvgIpc) is 3.13. The number of nitrogens with one attached hydrogen (secondary N) is 1. The number of amides is 2. The third-order valence-corrected chi connectivity index (χ3v) is 3.95. The van der Waals surface area contributed by atoms with Crippen LogP contribution in [0, 0.1) is 0 Å². The lowest BCUT2D eigenvalue weighted by molar-refractivity contribution is 0.0990. The van der Waals surface area contributed by atoms with Crippen LogP contribution in [0.3, 0.4) is 0 Å². The van der Waals surface area contributed by atoms with Crippen molar-refractivity contribution in [3.63, 3.8) is 0 Å². The summed E-state index contributed by atoms with van der Waals surface area (Å²) in [5, 5.41) is 7.71. The first kappa shape index (κ1) is 15.9. The van der Waals surface area contributed by atoms with Crippen molar-refractivity contribution < 1.29 is 18.4 Å². The summed E-state index contributed by atoms with van der Waals surface area (Å²) in [7, 11) is 1.60. The molecule has 0 spiro atoms. The molecule has 0 radical (unpaired) electrons. The zero-order valence-corrected chi connectivity index (χ0v) is 13.0. The Hall–Kier alpha value is -2.95. The first-order chi connectivity index (χ1) is 11.4. The number of halogens is 2. The second-order valence-electron chi connectivity index (χ2n) is 4.75. The van der Waals surface area contributed by atoms with Crippen molar-refractivity contribution in [2.75, 3.05) is 5.32 Å². The molecule has 0 aliphatic carbocycles. The number of carbonyl (C=O) groups excluding carboxylic acids is 2. The first-order valence-corrected chi connectivity index (χ1v) is 7.42. The molecule has 3 aromatic heterocycles. The Kier molecular flexibility index (Phi) is 3.93. The molecule has 3 rings (SSSR count). The van der Waals surface area contributed by atoms with Crippen LogP contribution in [0.4, 0.5) is 13.9 Å². The maximum absolute atomic E-state index is 13.2. The lowest BCUT2D eigenvalue weighted by Crippen LogP contribution is -2.16. The van der Waals surface area contributed by atoms with Gasteiger partial charge < -0.3 is 5.73 Å². The van der Waals surface area contributed by atoms with Crippen molar-refractivity contribution in [2.24, 2.45) is 12.8 Å². The molecule has 0 saturated heterocycles. The molecule has 3 aromatic rings. The molecule has 3 N–H and O–H groups in total. The molecule has 0 unspecified atom stereocenters. The largest absolute Gasteiger partial charge is 0.364 e. The fourth-order valence-corrected chi connectivity index (χ4v) is 2.74. The molecule has 2 amide bonds. The van der Waals surface area contributed by atoms with Gasteiger partial charge in [0.1, 0.15) is 16.9 Å². The highest BCUT2D eigenvalue weighted by Gasteiger charge is 2.23. The quantitative estimate of drug-likeness (QED) is 0.741. The van der Waals surface area contributed by atoms with Gasteiger partial charge in [-0.05, 0) is 6.07 Å². The number of anilines is 1. The summed E-state index contributed by atoms with van der Waals surface area (Å²) in [6.45, 7) is 0. The highest BCUT2D eigenvalue weighted by molar-refractivity contribution is 7.14. The molecule has 24 heavy (non-hydrogen) atoms. The van der Waals surface area contributed by atoms with Gasteiger partial charge in [0.05, 0.1) is 17.3 Å². The normalized spacial score (nSPS) is 11.2. The number of nitrogens with zero attached hydrogens (tertiary/aromatic N) is 4. The van der Waals surface area contributed by atoms with Gasteiger partial charge >= 0.3 is 0 Å². The topological polar surface area (TPSA) is 116 Å². The molecule has 0 aromatic carbocycles. The van der Waals surface area contributed by atoms with Gasteiger partial charge in [-0.1, -0.05) is 0 Å². The minimum absolute atomic E-state index is 0.0235. The van der Waals surface area contributed by atoms with E-state index in [2.05, 4.69) is 20.4 Å². The Balaban J connectivity index is 1.99. The number of aromatic nitrogens is 4. The maximum Gasteiger partial charge on any atom is 0.281 e. The summed E-state index contributed by atoms with van der Waals surface area (Å²) in [6.07, 6.45) is -1.60. The summed E-state index contributed by atoms with van der Waals surface area (Å²) in [6, 6.07) is 1.29. The van der Waals surface area contributed by atoms with Crippen LogP contribution in [-0.4, -0.2) is 31.6 Å². The Morgan fingerprint density at radius 2 is 2.12 bits per heavy atom. The van der Waals surface area contributed by atoms with Gasteiger partial charge in [-0.2, -0.15) is 5.10 Å². The molecule has 11 heteroatoms. The van der Waals surface area contributed by atoms with Crippen molar-refractivity contribution in [3.05, 3.63) is 34.6 Å². The number of hydrogen-bond acceptors (Lipinski definition) is 6. The predicted molar refractivity (Wildman–Crippen MR) is 82.1 cm³/mol. The molecule has 3 heterocycles. The van der Waals surface area contributed by atoms with Gasteiger partial charge in [-0.25, -0.2) is 18.7 Å². The molecular weight excluding hydrogens is 342 g/mol. The molecule has 0 saturated carbocycles. The smallest absolute Gasteiger partial charge is 0.281 e. The van der Waals surface area contributed by atoms with Crippen molar-refractivity contribution in [1.29, 1.82) is 0 Å². The Labute approximate surface area is 137 Å². The fourth-order valence-electron chi connectivity index (χ4n) is 2.05. The first-order valence-electron chi connectivity index (χ1n) is 6.54. The van der Waals surface area contributed by atoms with E-state index in [0.29, 0.717) is 5.52 Å². The average molecular weight is 352 g/mol. The lowest BCUT2D eigenvalue weighted by Gasteiger charge is -2.08. The fraction of sp³-hybridized carbons (Fsp3) is 0.154. The number of carbonyl (C=O) groups is 2. The van der Waals surface area contributed by atoms with Crippen LogP contribution in [0.2, 0.25) is 0 Å². The number of pyridine rings is 1. The van der Waals surface area contributed by atoms with E-state index >= 15 is 0 Å². The lowest BCUT2D eigenvalue weighted by atomic mass is 10.1. The molecule has 124 valence electrons. The van der Waals surface area contributed by atoms with Crippen LogP contribution in [-0.2, 0) is 7.05 Å². The van der Waals surface area contributed by atoms with Crippen molar-refractivity contribution in [1.82, 2.24) is 19.7 Å². The van der Waals surface area contributed by atoms with Gasteiger partial charge in [0.25, 0.3) is 18.2 Å². The van der Waals surface area contributed by atoms with E-state index in [1.54, 1.807) is 7.05 Å². The minimum atomic E-state index is -2.94. The van der Waals surface area contributed by atoms with Crippen LogP contribution in [0.5, 0.6) is 0 Å². The van der Waals surface area contributed by atoms with Crippen molar-refractivity contribution >= 4 is 39.3 Å². The van der Waals surface area contributed by atoms with Crippen LogP contribution < -0.4 is 11.1 Å². The summed E-state index contributed by atoms with van der Waals surface area (Å²) >= 11 is 0.954. The second-order valence-corrected chi connectivity index (χ2v) is 5.61. The predicted octanol–water partition coefficient (Wildman–Crippen LogP) is 1.71. The monoisotopic (exact) mass is 352 g/mol. The SMILES string of the molecule is Cn1ncc2nc(C(F)F)c(C(=O)Nc3nc(C(N)=O)cs3)cc21. The molecule has 0 bridgehead atoms. The zero-order chi connectivity index (χ0) is 17.4. The number of aryl methyl sites for hydroxylation is 1. The number of rotatable bonds is 4. The van der Waals surface area contributed by atoms with Crippen LogP contribution in [0.25, 0.3) is 11.0 Å². The van der Waals surface area contributed by atoms with E-state index in [4.69, 9.17) is 5.73 Å². The van der Waals surface area contributed by atoms with Gasteiger partial charge in [0, 0.05) is 12.4 Å². The highest BCUT2D eigenvalue weighted by Crippen LogP contribution is 2.26. The molecule has 0 aliphatic heterocycles. The van der Waals surface area contributed by atoms with Crippen LogP contribution in [0.1, 0.15) is 33.0 Å². The van der Waals surface area contributed by atoms with E-state index in [9.17, 15) is 18.4 Å². The number of thiazole rings is 1. The number of alkyl halides is 2. The maximum atomic E-state index is 13.2. The summed E-state index contributed by atoms with van der Waals surface area (Å²) in [4.78, 5) is 30.9. The van der Waals surface area contributed by atoms with Crippen molar-refractivity contribution in [2.45, 2.75) is 6.43 Å². The Bertz CT molecular complexity index is 951. The summed E-state index contributed by atoms with van der Waals surface area (Å²) < 4.78 is 27.9. The van der Waals surface area contributed by atoms with Gasteiger partial charge in [-0.3, -0.25) is 19.6 Å². The van der Waals surface area contributed by atoms with Gasteiger partial charge in [0.15, 0.2) is 5.13 Å². The van der Waals surface area contributed by atoms with E-state index < -0.39 is 23.9 Å². The number of primary amides is 1. The molecule has 0 fully saturated rings. The molecule has 8 nitrogen and oxygen atoms in total. The summed E-state index contributed by atoms with van der Waals surface area (Å²) in [5.41, 5.74) is 4.79. The van der Waals surface area contributed by atoms with E-state index in [1.165, 1.54) is 22.3 Å². The molecular formula is C13H10F2N6O2S. The number of fused-ring (bicyclic) bond motifs is 1. The second kappa shape index (κ2) is 5.92. The van der Waals surface area contributed by atoms with Gasteiger partial charge in [-0.15, -0.1) is 11.3 Å². The van der Waals surface area contributed by atoms with Gasteiger partial charge in [0.2, 0.25) is 0 Å². The Morgan fingerprint density at radius 1 is 1.38 bits per heavy atom. The third kappa shape index (κ3) is 2.80. The van der Waals surface area contributed by atoms with E-state index in [1.807, 2.05) is 0 Å². The number of hydrogen-bond donors (Lipinski definition) is 2. The van der Waals surface area contributed by atoms with Crippen LogP contribution >= 0.6 is 11.3 Å². The molecule has 0 atom stereocenters. The highest BCUT2D eigenvalue weighted by atomic mass is 32.1. The van der Waals surface area contributed by atoms with Crippen molar-refractivity contribution in [3.8, 4) is 0 Å². The van der Waals surface area contributed by atoms with Crippen LogP contribution in [0.15, 0.2) is 17.6 Å². The summed E-state index contributed by atoms with van der Waals surface area (Å²) in [5.74, 6) is -1.57. The standard InChI is InChI=1S/C13H10F2N6O2S/c1-21-8-2-5(9(10(14)15)18-6(8)3-17-21)12(23)20-13-19-7(4-24-13)11(16)22/h2-4,10H,1H3,(H2,16,22)(H,19,20,23). The minimum Gasteiger partial charge on any atom is -0.364 e. The number of nitrogens with two attached hydrogens (primary N) is 1. The third-order valence-electron chi connectivity index (χ3n) is 3.19. The molecule has 0 aliphatic rings. The zero-order valence-electron chi connectivity index (χ0n) is 12.2. The Morgan fingerprint density at radius 3 is 2.75 bits per heavy atom. The van der Waals surface area contributed by atoms with E-state index in [-0.39, 0.29) is 21.9 Å². The van der Waals surface area contributed by atoms with E-state index in [0.717, 1.165) is 11.3 Å².